The van der Waals surface area contributed by atoms with Gasteiger partial charge in [0, 0.05) is 10.7 Å². The lowest BCUT2D eigenvalue weighted by Gasteiger charge is -2.04. The second-order valence-electron chi connectivity index (χ2n) is 5.21. The Bertz CT molecular complexity index is 736. The number of hydrogen-bond donors (Lipinski definition) is 2. The zero-order valence-electron chi connectivity index (χ0n) is 12.0. The lowest BCUT2D eigenvalue weighted by Crippen LogP contribution is -2.07. The predicted molar refractivity (Wildman–Crippen MR) is 93.8 cm³/mol. The third kappa shape index (κ3) is 2.84. The van der Waals surface area contributed by atoms with Crippen LogP contribution in [0.1, 0.15) is 17.2 Å². The predicted octanol–water partition coefficient (Wildman–Crippen LogP) is 4.64. The second kappa shape index (κ2) is 6.22. The van der Waals surface area contributed by atoms with Crippen molar-refractivity contribution in [2.45, 2.75) is 6.04 Å². The minimum Gasteiger partial charge on any atom is -0.399 e. The van der Waals surface area contributed by atoms with Gasteiger partial charge in [-0.2, -0.15) is 0 Å². The van der Waals surface area contributed by atoms with E-state index < -0.39 is 0 Å². The maximum atomic E-state index is 6.16. The fourth-order valence-corrected chi connectivity index (χ4v) is 2.90. The molecule has 3 aromatic carbocycles. The zero-order valence-corrected chi connectivity index (χ0v) is 12.8. The van der Waals surface area contributed by atoms with Gasteiger partial charge in [-0.3, -0.25) is 0 Å². The first-order chi connectivity index (χ1) is 10.7. The van der Waals surface area contributed by atoms with E-state index in [-0.39, 0.29) is 6.04 Å². The van der Waals surface area contributed by atoms with Crippen LogP contribution in [0.2, 0.25) is 5.02 Å². The van der Waals surface area contributed by atoms with Crippen molar-refractivity contribution < 1.29 is 0 Å². The van der Waals surface area contributed by atoms with Crippen molar-refractivity contribution in [3.05, 3.63) is 88.9 Å². The number of nitrogens with two attached hydrogens (primary N) is 2. The molecule has 0 fully saturated rings. The van der Waals surface area contributed by atoms with Gasteiger partial charge in [0.05, 0.1) is 6.04 Å². The number of hydrogen-bond acceptors (Lipinski definition) is 2. The third-order valence-corrected chi connectivity index (χ3v) is 3.97. The van der Waals surface area contributed by atoms with Crippen LogP contribution in [0, 0.1) is 0 Å². The highest BCUT2D eigenvalue weighted by Crippen LogP contribution is 2.41. The molecule has 0 spiro atoms. The van der Waals surface area contributed by atoms with E-state index in [9.17, 15) is 0 Å². The number of nitrogen functional groups attached to an aromatic ring is 1. The van der Waals surface area contributed by atoms with Crippen molar-refractivity contribution in [1.29, 1.82) is 0 Å². The molecule has 0 saturated carbocycles. The molecule has 0 radical (unpaired) electrons. The lowest BCUT2D eigenvalue weighted by atomic mass is 10.1. The molecule has 0 atom stereocenters. The van der Waals surface area contributed by atoms with E-state index in [1.165, 1.54) is 22.3 Å². The van der Waals surface area contributed by atoms with Crippen molar-refractivity contribution in [2.75, 3.05) is 5.73 Å². The summed E-state index contributed by atoms with van der Waals surface area (Å²) in [6.07, 6.45) is 0. The summed E-state index contributed by atoms with van der Waals surface area (Å²) < 4.78 is 0. The first kappa shape index (κ1) is 14.6. The van der Waals surface area contributed by atoms with Crippen LogP contribution in [-0.2, 0) is 0 Å². The Labute approximate surface area is 135 Å². The van der Waals surface area contributed by atoms with Crippen molar-refractivity contribution in [3.8, 4) is 11.1 Å². The molecule has 1 aliphatic rings. The van der Waals surface area contributed by atoms with Gasteiger partial charge in [0.1, 0.15) is 0 Å². The Balaban J connectivity index is 0.000000154. The number of fused-ring (bicyclic) bond motifs is 3. The molecule has 22 heavy (non-hydrogen) atoms. The van der Waals surface area contributed by atoms with Crippen molar-refractivity contribution in [3.63, 3.8) is 0 Å². The first-order valence-corrected chi connectivity index (χ1v) is 7.49. The first-order valence-electron chi connectivity index (χ1n) is 7.11. The maximum Gasteiger partial charge on any atom is 0.0563 e. The van der Waals surface area contributed by atoms with Crippen LogP contribution in [0.5, 0.6) is 0 Å². The average Bonchev–Trinajstić information content (AvgIpc) is 2.82. The Hall–Kier alpha value is -2.29. The summed E-state index contributed by atoms with van der Waals surface area (Å²) >= 11 is 5.56. The van der Waals surface area contributed by atoms with Crippen LogP contribution in [0.4, 0.5) is 5.69 Å². The summed E-state index contributed by atoms with van der Waals surface area (Å²) in [6, 6.07) is 23.9. The van der Waals surface area contributed by atoms with Gasteiger partial charge in [-0.15, -0.1) is 0 Å². The van der Waals surface area contributed by atoms with Crippen LogP contribution in [-0.4, -0.2) is 0 Å². The van der Waals surface area contributed by atoms with Crippen LogP contribution in [0.3, 0.4) is 0 Å². The summed E-state index contributed by atoms with van der Waals surface area (Å²) in [5, 5.41) is 0.685. The van der Waals surface area contributed by atoms with Gasteiger partial charge in [0.2, 0.25) is 0 Å². The standard InChI is InChI=1S/C13H11N.C6H6ClN/c14-13-11-7-3-1-5-9(11)10-6-2-4-8-12(10)13;7-5-2-1-3-6(8)4-5/h1-8,13H,14H2;1-4H,8H2. The van der Waals surface area contributed by atoms with E-state index >= 15 is 0 Å². The van der Waals surface area contributed by atoms with Gasteiger partial charge in [0.15, 0.2) is 0 Å². The fourth-order valence-electron chi connectivity index (χ4n) is 2.70. The molecule has 0 unspecified atom stereocenters. The van der Waals surface area contributed by atoms with Crippen LogP contribution >= 0.6 is 11.6 Å². The summed E-state index contributed by atoms with van der Waals surface area (Å²) in [4.78, 5) is 0. The van der Waals surface area contributed by atoms with E-state index in [4.69, 9.17) is 23.1 Å². The van der Waals surface area contributed by atoms with E-state index in [0.29, 0.717) is 10.7 Å². The molecule has 2 nitrogen and oxygen atoms in total. The summed E-state index contributed by atoms with van der Waals surface area (Å²) in [5.41, 5.74) is 17.3. The third-order valence-electron chi connectivity index (χ3n) is 3.73. The van der Waals surface area contributed by atoms with Gasteiger partial charge < -0.3 is 11.5 Å². The minimum absolute atomic E-state index is 0.0578. The zero-order chi connectivity index (χ0) is 15.5. The Morgan fingerprint density at radius 3 is 1.73 bits per heavy atom. The van der Waals surface area contributed by atoms with Crippen molar-refractivity contribution >= 4 is 17.3 Å². The fraction of sp³-hybridized carbons (Fsp3) is 0.0526. The molecule has 0 aliphatic heterocycles. The number of benzene rings is 3. The van der Waals surface area contributed by atoms with Crippen molar-refractivity contribution in [1.82, 2.24) is 0 Å². The van der Waals surface area contributed by atoms with Crippen LogP contribution in [0.25, 0.3) is 11.1 Å². The normalized spacial score (nSPS) is 12.1. The molecule has 110 valence electrons. The highest BCUT2D eigenvalue weighted by molar-refractivity contribution is 6.30. The van der Waals surface area contributed by atoms with Crippen LogP contribution < -0.4 is 11.5 Å². The second-order valence-corrected chi connectivity index (χ2v) is 5.64. The van der Waals surface area contributed by atoms with E-state index in [1.54, 1.807) is 18.2 Å². The Morgan fingerprint density at radius 1 is 0.727 bits per heavy atom. The quantitative estimate of drug-likeness (QED) is 0.595. The van der Waals surface area contributed by atoms with Gasteiger partial charge in [-0.05, 0) is 40.5 Å². The van der Waals surface area contributed by atoms with Gasteiger partial charge >= 0.3 is 0 Å². The molecule has 4 rings (SSSR count). The summed E-state index contributed by atoms with van der Waals surface area (Å²) in [7, 11) is 0. The largest absolute Gasteiger partial charge is 0.399 e. The molecule has 0 aromatic heterocycles. The van der Waals surface area contributed by atoms with Gasteiger partial charge in [-0.25, -0.2) is 0 Å². The number of anilines is 1. The highest BCUT2D eigenvalue weighted by atomic mass is 35.5. The van der Waals surface area contributed by atoms with Crippen LogP contribution in [0.15, 0.2) is 72.8 Å². The summed E-state index contributed by atoms with van der Waals surface area (Å²) in [5.74, 6) is 0. The Kier molecular flexibility index (Phi) is 4.14. The molecule has 4 N–H and O–H groups in total. The molecule has 0 saturated heterocycles. The SMILES string of the molecule is NC1c2ccccc2-c2ccccc21.Nc1cccc(Cl)c1. The summed E-state index contributed by atoms with van der Waals surface area (Å²) in [6.45, 7) is 0. The van der Waals surface area contributed by atoms with Gasteiger partial charge in [-0.1, -0.05) is 66.2 Å². The van der Waals surface area contributed by atoms with E-state index in [2.05, 4.69) is 36.4 Å². The molecular weight excluding hydrogens is 292 g/mol. The number of rotatable bonds is 0. The number of halogens is 1. The topological polar surface area (TPSA) is 52.0 Å². The lowest BCUT2D eigenvalue weighted by molar-refractivity contribution is 0.901. The molecular formula is C19H17ClN2. The molecule has 3 aromatic rings. The monoisotopic (exact) mass is 308 g/mol. The maximum absolute atomic E-state index is 6.16. The molecule has 1 aliphatic carbocycles. The van der Waals surface area contributed by atoms with E-state index in [0.717, 1.165) is 0 Å². The average molecular weight is 309 g/mol. The smallest absolute Gasteiger partial charge is 0.0563 e. The molecule has 0 amide bonds. The highest BCUT2D eigenvalue weighted by Gasteiger charge is 2.24. The molecule has 3 heteroatoms. The minimum atomic E-state index is 0.0578. The molecule has 0 bridgehead atoms. The Morgan fingerprint density at radius 2 is 1.27 bits per heavy atom. The van der Waals surface area contributed by atoms with E-state index in [1.807, 2.05) is 18.2 Å². The molecule has 0 heterocycles. The van der Waals surface area contributed by atoms with Crippen molar-refractivity contribution in [2.24, 2.45) is 5.73 Å². The van der Waals surface area contributed by atoms with Gasteiger partial charge in [0.25, 0.3) is 0 Å².